The third-order valence-corrected chi connectivity index (χ3v) is 10.8. The van der Waals surface area contributed by atoms with Gasteiger partial charge in [0.1, 0.15) is 0 Å². The van der Waals surface area contributed by atoms with Crippen LogP contribution in [0.4, 0.5) is 0 Å². The van der Waals surface area contributed by atoms with Crippen LogP contribution in [-0.4, -0.2) is 0 Å². The third-order valence-electron chi connectivity index (χ3n) is 10.8. The van der Waals surface area contributed by atoms with E-state index in [4.69, 9.17) is 0 Å². The van der Waals surface area contributed by atoms with Crippen molar-refractivity contribution >= 4 is 0 Å². The van der Waals surface area contributed by atoms with Gasteiger partial charge >= 0.3 is 0 Å². The summed E-state index contributed by atoms with van der Waals surface area (Å²) in [5, 5.41) is 0. The molecule has 0 bridgehead atoms. The quantitative estimate of drug-likeness (QED) is 0.405. The van der Waals surface area contributed by atoms with E-state index in [1.54, 1.807) is 6.42 Å². The monoisotopic (exact) mass is 398 g/mol. The topological polar surface area (TPSA) is 0 Å². The predicted octanol–water partition coefficient (Wildman–Crippen LogP) is 9.05. The molecule has 0 N–H and O–H groups in total. The molecule has 0 heteroatoms. The smallest absolute Gasteiger partial charge is 0.00852 e. The first-order valence-electron chi connectivity index (χ1n) is 13.4. The van der Waals surface area contributed by atoms with E-state index in [1.165, 1.54) is 70.6 Å². The molecule has 0 nitrogen and oxygen atoms in total. The summed E-state index contributed by atoms with van der Waals surface area (Å²) in [5.41, 5.74) is 3.06. The average Bonchev–Trinajstić information content (AvgIpc) is 2.94. The first kappa shape index (κ1) is 22.0. The molecule has 4 aliphatic rings. The van der Waals surface area contributed by atoms with Gasteiger partial charge in [-0.15, -0.1) is 0 Å². The minimum absolute atomic E-state index is 0.538. The van der Waals surface area contributed by atoms with Crippen molar-refractivity contribution in [3.8, 4) is 0 Å². The molecule has 0 aromatic carbocycles. The minimum Gasteiger partial charge on any atom is -0.0847 e. The Bertz CT molecular complexity index is 599. The van der Waals surface area contributed by atoms with E-state index in [1.807, 2.05) is 5.57 Å². The molecule has 8 atom stereocenters. The van der Waals surface area contributed by atoms with E-state index in [0.717, 1.165) is 41.4 Å². The number of fused-ring (bicyclic) bond motifs is 5. The lowest BCUT2D eigenvalue weighted by molar-refractivity contribution is -0.0463. The number of allylic oxidation sites excluding steroid dienone is 2. The summed E-state index contributed by atoms with van der Waals surface area (Å²) in [6.45, 7) is 15.3. The van der Waals surface area contributed by atoms with Crippen molar-refractivity contribution in [1.29, 1.82) is 0 Å². The molecule has 4 aliphatic carbocycles. The van der Waals surface area contributed by atoms with Crippen LogP contribution in [0.1, 0.15) is 119 Å². The van der Waals surface area contributed by atoms with Crippen molar-refractivity contribution in [1.82, 2.24) is 0 Å². The van der Waals surface area contributed by atoms with Gasteiger partial charge in [0.25, 0.3) is 0 Å². The summed E-state index contributed by atoms with van der Waals surface area (Å²) >= 11 is 0. The number of hydrogen-bond acceptors (Lipinski definition) is 0. The average molecular weight is 399 g/mol. The van der Waals surface area contributed by atoms with E-state index in [9.17, 15) is 0 Å². The highest BCUT2D eigenvalue weighted by atomic mass is 14.6. The molecule has 0 radical (unpaired) electrons. The fraction of sp³-hybridized carbons (Fsp3) is 0.931. The summed E-state index contributed by atoms with van der Waals surface area (Å²) in [6.07, 6.45) is 20.4. The maximum absolute atomic E-state index is 2.75. The van der Waals surface area contributed by atoms with Crippen molar-refractivity contribution in [3.05, 3.63) is 11.6 Å². The molecule has 0 aliphatic heterocycles. The molecule has 0 saturated heterocycles. The fourth-order valence-electron chi connectivity index (χ4n) is 9.11. The van der Waals surface area contributed by atoms with Crippen molar-refractivity contribution < 1.29 is 0 Å². The SMILES string of the molecule is CC(C)CCC[C@@H](C)[C@H]1CC[C@H]2[C@H]3CCC=C4C[C@@H](C)CC[C@]4(C)[C@H]3CC[C@]12C. The first-order chi connectivity index (χ1) is 13.8. The summed E-state index contributed by atoms with van der Waals surface area (Å²) in [6, 6.07) is 0. The molecule has 3 saturated carbocycles. The van der Waals surface area contributed by atoms with Crippen LogP contribution in [0.5, 0.6) is 0 Å². The van der Waals surface area contributed by atoms with E-state index >= 15 is 0 Å². The standard InChI is InChI=1S/C29H50/c1-20(2)9-7-10-22(4)25-13-14-26-24-12-8-11-23-19-21(3)15-17-28(23,5)27(24)16-18-29(25,26)6/h11,20-22,24-27H,7-10,12-19H2,1-6H3/t21-,22+,24+,25+,26-,27-,28-,29+/m0/s1. The Morgan fingerprint density at radius 2 is 1.72 bits per heavy atom. The van der Waals surface area contributed by atoms with Crippen LogP contribution in [0.25, 0.3) is 0 Å². The summed E-state index contributed by atoms with van der Waals surface area (Å²) in [7, 11) is 0. The summed E-state index contributed by atoms with van der Waals surface area (Å²) in [4.78, 5) is 0. The molecule has 0 amide bonds. The van der Waals surface area contributed by atoms with E-state index in [-0.39, 0.29) is 0 Å². The highest BCUT2D eigenvalue weighted by molar-refractivity contribution is 5.23. The van der Waals surface area contributed by atoms with Crippen molar-refractivity contribution in [3.63, 3.8) is 0 Å². The van der Waals surface area contributed by atoms with Gasteiger partial charge < -0.3 is 0 Å². The van der Waals surface area contributed by atoms with Gasteiger partial charge in [-0.2, -0.15) is 0 Å². The second kappa shape index (κ2) is 8.35. The highest BCUT2D eigenvalue weighted by Crippen LogP contribution is 2.67. The molecule has 0 unspecified atom stereocenters. The number of rotatable bonds is 5. The van der Waals surface area contributed by atoms with Gasteiger partial charge in [-0.3, -0.25) is 0 Å². The maximum atomic E-state index is 2.75. The van der Waals surface area contributed by atoms with Gasteiger partial charge in [-0.1, -0.05) is 72.5 Å². The predicted molar refractivity (Wildman–Crippen MR) is 127 cm³/mol. The molecule has 29 heavy (non-hydrogen) atoms. The second-order valence-electron chi connectivity index (χ2n) is 13.0. The van der Waals surface area contributed by atoms with Crippen LogP contribution in [0.15, 0.2) is 11.6 Å². The van der Waals surface area contributed by atoms with Crippen molar-refractivity contribution in [2.24, 2.45) is 52.3 Å². The summed E-state index contributed by atoms with van der Waals surface area (Å²) in [5.74, 6) is 6.73. The van der Waals surface area contributed by atoms with Gasteiger partial charge in [0.15, 0.2) is 0 Å². The van der Waals surface area contributed by atoms with Gasteiger partial charge in [0, 0.05) is 0 Å². The normalized spacial score (nSPS) is 45.8. The van der Waals surface area contributed by atoms with Crippen LogP contribution >= 0.6 is 0 Å². The Kier molecular flexibility index (Phi) is 6.32. The van der Waals surface area contributed by atoms with Crippen LogP contribution in [0.3, 0.4) is 0 Å². The molecular formula is C29H50. The Labute approximate surface area is 182 Å². The van der Waals surface area contributed by atoms with Gasteiger partial charge in [0.2, 0.25) is 0 Å². The minimum atomic E-state index is 0.538. The second-order valence-corrected chi connectivity index (χ2v) is 13.0. The third kappa shape index (κ3) is 3.89. The molecule has 0 aromatic rings. The lowest BCUT2D eigenvalue weighted by atomic mass is 9.49. The Balaban J connectivity index is 1.50. The molecule has 0 spiro atoms. The van der Waals surface area contributed by atoms with Gasteiger partial charge in [-0.25, -0.2) is 0 Å². The number of hydrogen-bond donors (Lipinski definition) is 0. The Hall–Kier alpha value is -0.260. The fourth-order valence-corrected chi connectivity index (χ4v) is 9.11. The highest BCUT2D eigenvalue weighted by Gasteiger charge is 2.58. The van der Waals surface area contributed by atoms with Crippen LogP contribution in [-0.2, 0) is 0 Å². The van der Waals surface area contributed by atoms with Crippen molar-refractivity contribution in [2.45, 2.75) is 119 Å². The van der Waals surface area contributed by atoms with Crippen LogP contribution in [0.2, 0.25) is 0 Å². The van der Waals surface area contributed by atoms with Gasteiger partial charge in [0.05, 0.1) is 0 Å². The van der Waals surface area contributed by atoms with Crippen molar-refractivity contribution in [2.75, 3.05) is 0 Å². The Morgan fingerprint density at radius 1 is 0.931 bits per heavy atom. The molecular weight excluding hydrogens is 348 g/mol. The van der Waals surface area contributed by atoms with E-state index in [2.05, 4.69) is 47.6 Å². The maximum Gasteiger partial charge on any atom is -0.00852 e. The van der Waals surface area contributed by atoms with Gasteiger partial charge in [-0.05, 0) is 110 Å². The summed E-state index contributed by atoms with van der Waals surface area (Å²) < 4.78 is 0. The molecule has 0 heterocycles. The van der Waals surface area contributed by atoms with E-state index < -0.39 is 0 Å². The Morgan fingerprint density at radius 3 is 2.48 bits per heavy atom. The molecule has 4 rings (SSSR count). The lowest BCUT2D eigenvalue weighted by Crippen LogP contribution is -2.48. The zero-order valence-corrected chi connectivity index (χ0v) is 20.6. The zero-order chi connectivity index (χ0) is 20.8. The molecule has 3 fully saturated rings. The van der Waals surface area contributed by atoms with E-state index in [0.29, 0.717) is 10.8 Å². The van der Waals surface area contributed by atoms with Crippen LogP contribution in [0, 0.1) is 52.3 Å². The van der Waals surface area contributed by atoms with Crippen LogP contribution < -0.4 is 0 Å². The largest absolute Gasteiger partial charge is 0.0847 e. The first-order valence-corrected chi connectivity index (χ1v) is 13.4. The zero-order valence-electron chi connectivity index (χ0n) is 20.6. The molecule has 0 aromatic heterocycles. The lowest BCUT2D eigenvalue weighted by Gasteiger charge is -2.56. The molecule has 166 valence electrons.